The summed E-state index contributed by atoms with van der Waals surface area (Å²) in [6.45, 7) is 2.88. The number of piperazine rings is 1. The monoisotopic (exact) mass is 409 g/mol. The van der Waals surface area contributed by atoms with E-state index in [1.807, 2.05) is 78.6 Å². The minimum atomic E-state index is -0.0615. The molecule has 1 aliphatic rings. The number of urea groups is 1. The fourth-order valence-corrected chi connectivity index (χ4v) is 3.74. The van der Waals surface area contributed by atoms with Crippen LogP contribution in [0.25, 0.3) is 10.9 Å². The molecule has 1 aromatic heterocycles. The van der Waals surface area contributed by atoms with Gasteiger partial charge in [0.1, 0.15) is 0 Å². The Balaban J connectivity index is 1.40. The molecule has 2 amide bonds. The molecule has 1 saturated heterocycles. The van der Waals surface area contributed by atoms with E-state index >= 15 is 0 Å². The maximum atomic E-state index is 12.6. The Morgan fingerprint density at radius 3 is 2.45 bits per heavy atom. The molecule has 4 rings (SSSR count). The van der Waals surface area contributed by atoms with Crippen molar-refractivity contribution in [3.05, 3.63) is 59.8 Å². The van der Waals surface area contributed by atoms with E-state index in [0.717, 1.165) is 41.1 Å². The highest BCUT2D eigenvalue weighted by Gasteiger charge is 2.22. The van der Waals surface area contributed by atoms with E-state index in [1.54, 1.807) is 0 Å². The number of rotatable bonds is 3. The van der Waals surface area contributed by atoms with Gasteiger partial charge in [-0.3, -0.25) is 4.98 Å². The van der Waals surface area contributed by atoms with Crippen molar-refractivity contribution in [2.75, 3.05) is 55.4 Å². The van der Waals surface area contributed by atoms with E-state index in [9.17, 15) is 4.79 Å². The number of aromatic nitrogens is 1. The summed E-state index contributed by atoms with van der Waals surface area (Å²) in [4.78, 5) is 23.2. The van der Waals surface area contributed by atoms with Gasteiger partial charge in [0.15, 0.2) is 0 Å². The normalized spacial score (nSPS) is 14.2. The van der Waals surface area contributed by atoms with Crippen molar-refractivity contribution in [1.82, 2.24) is 9.88 Å². The zero-order valence-electron chi connectivity index (χ0n) is 16.6. The average molecular weight is 410 g/mol. The third kappa shape index (κ3) is 4.22. The summed E-state index contributed by atoms with van der Waals surface area (Å²) in [7, 11) is 3.99. The first-order valence-electron chi connectivity index (χ1n) is 9.64. The molecule has 0 atom stereocenters. The molecule has 2 heterocycles. The second-order valence-corrected chi connectivity index (χ2v) is 7.77. The highest BCUT2D eigenvalue weighted by molar-refractivity contribution is 6.31. The van der Waals surface area contributed by atoms with Crippen molar-refractivity contribution in [2.24, 2.45) is 0 Å². The minimum Gasteiger partial charge on any atom is -0.378 e. The molecule has 2 aromatic carbocycles. The number of halogens is 1. The summed E-state index contributed by atoms with van der Waals surface area (Å²) in [6.07, 6.45) is 1.81. The van der Waals surface area contributed by atoms with Crippen LogP contribution in [0.4, 0.5) is 21.9 Å². The standard InChI is InChI=1S/C22H24ClN5O/c1-26(2)18-6-4-17(5-7-18)25-22(29)28-13-11-27(12-14-28)21-9-10-24-20-15-16(23)3-8-19(20)21/h3-10,15H,11-14H2,1-2H3,(H,25,29). The van der Waals surface area contributed by atoms with Gasteiger partial charge in [-0.15, -0.1) is 0 Å². The van der Waals surface area contributed by atoms with Crippen molar-refractivity contribution >= 4 is 45.6 Å². The Morgan fingerprint density at radius 2 is 1.76 bits per heavy atom. The lowest BCUT2D eigenvalue weighted by Crippen LogP contribution is -2.50. The van der Waals surface area contributed by atoms with Gasteiger partial charge in [0.25, 0.3) is 0 Å². The first-order valence-corrected chi connectivity index (χ1v) is 10.0. The van der Waals surface area contributed by atoms with Crippen LogP contribution in [0.1, 0.15) is 0 Å². The molecular weight excluding hydrogens is 386 g/mol. The number of nitrogens with one attached hydrogen (secondary N) is 1. The molecule has 6 nitrogen and oxygen atoms in total. The third-order valence-electron chi connectivity index (χ3n) is 5.22. The van der Waals surface area contributed by atoms with Crippen molar-refractivity contribution < 1.29 is 4.79 Å². The molecule has 0 saturated carbocycles. The summed E-state index contributed by atoms with van der Waals surface area (Å²) >= 11 is 6.09. The van der Waals surface area contributed by atoms with Crippen LogP contribution >= 0.6 is 11.6 Å². The number of carbonyl (C=O) groups excluding carboxylic acids is 1. The van der Waals surface area contributed by atoms with Gasteiger partial charge in [-0.2, -0.15) is 0 Å². The lowest BCUT2D eigenvalue weighted by molar-refractivity contribution is 0.208. The third-order valence-corrected chi connectivity index (χ3v) is 5.46. The van der Waals surface area contributed by atoms with Gasteiger partial charge in [0.05, 0.1) is 5.52 Å². The van der Waals surface area contributed by atoms with E-state index in [4.69, 9.17) is 11.6 Å². The molecule has 0 spiro atoms. The summed E-state index contributed by atoms with van der Waals surface area (Å²) < 4.78 is 0. The number of pyridine rings is 1. The minimum absolute atomic E-state index is 0.0615. The van der Waals surface area contributed by atoms with Gasteiger partial charge < -0.3 is 20.0 Å². The highest BCUT2D eigenvalue weighted by atomic mass is 35.5. The zero-order chi connectivity index (χ0) is 20.4. The molecule has 0 aliphatic carbocycles. The average Bonchev–Trinajstić information content (AvgIpc) is 2.73. The van der Waals surface area contributed by atoms with Crippen LogP contribution in [-0.4, -0.2) is 56.2 Å². The molecule has 0 bridgehead atoms. The molecule has 150 valence electrons. The second-order valence-electron chi connectivity index (χ2n) is 7.34. The number of benzene rings is 2. The predicted octanol–water partition coefficient (Wildman–Crippen LogP) is 4.31. The van der Waals surface area contributed by atoms with Crippen molar-refractivity contribution in [1.29, 1.82) is 0 Å². The lowest BCUT2D eigenvalue weighted by Gasteiger charge is -2.36. The maximum absolute atomic E-state index is 12.6. The van der Waals surface area contributed by atoms with Crippen LogP contribution in [0, 0.1) is 0 Å². The van der Waals surface area contributed by atoms with Crippen LogP contribution in [0.3, 0.4) is 0 Å². The van der Waals surface area contributed by atoms with Gasteiger partial charge >= 0.3 is 6.03 Å². The molecule has 1 fully saturated rings. The molecule has 1 N–H and O–H groups in total. The van der Waals surface area contributed by atoms with Crippen LogP contribution in [0.15, 0.2) is 54.7 Å². The molecule has 1 aliphatic heterocycles. The number of hydrogen-bond acceptors (Lipinski definition) is 4. The number of amides is 2. The van der Waals surface area contributed by atoms with Gasteiger partial charge in [-0.1, -0.05) is 11.6 Å². The van der Waals surface area contributed by atoms with Gasteiger partial charge in [0.2, 0.25) is 0 Å². The smallest absolute Gasteiger partial charge is 0.321 e. The van der Waals surface area contributed by atoms with E-state index in [-0.39, 0.29) is 6.03 Å². The summed E-state index contributed by atoms with van der Waals surface area (Å²) in [5.74, 6) is 0. The number of hydrogen-bond donors (Lipinski definition) is 1. The van der Waals surface area contributed by atoms with E-state index in [1.165, 1.54) is 0 Å². The fraction of sp³-hybridized carbons (Fsp3) is 0.273. The van der Waals surface area contributed by atoms with Crippen LogP contribution < -0.4 is 15.1 Å². The second kappa shape index (κ2) is 8.17. The Hall–Kier alpha value is -2.99. The Bertz CT molecular complexity index is 1010. The summed E-state index contributed by atoms with van der Waals surface area (Å²) in [6, 6.07) is 15.6. The zero-order valence-corrected chi connectivity index (χ0v) is 17.4. The number of nitrogens with zero attached hydrogens (tertiary/aromatic N) is 4. The Morgan fingerprint density at radius 1 is 1.03 bits per heavy atom. The van der Waals surface area contributed by atoms with Crippen LogP contribution in [-0.2, 0) is 0 Å². The number of anilines is 3. The molecular formula is C22H24ClN5O. The molecule has 3 aromatic rings. The van der Waals surface area contributed by atoms with Gasteiger partial charge in [0, 0.05) is 73.9 Å². The van der Waals surface area contributed by atoms with Crippen molar-refractivity contribution in [3.8, 4) is 0 Å². The van der Waals surface area contributed by atoms with E-state index < -0.39 is 0 Å². The highest BCUT2D eigenvalue weighted by Crippen LogP contribution is 2.28. The maximum Gasteiger partial charge on any atom is 0.321 e. The lowest BCUT2D eigenvalue weighted by atomic mass is 10.1. The van der Waals surface area contributed by atoms with Crippen molar-refractivity contribution in [2.45, 2.75) is 0 Å². The van der Waals surface area contributed by atoms with Crippen molar-refractivity contribution in [3.63, 3.8) is 0 Å². The largest absolute Gasteiger partial charge is 0.378 e. The molecule has 29 heavy (non-hydrogen) atoms. The molecule has 0 radical (unpaired) electrons. The van der Waals surface area contributed by atoms with Gasteiger partial charge in [-0.25, -0.2) is 4.79 Å². The predicted molar refractivity (Wildman–Crippen MR) is 120 cm³/mol. The number of carbonyl (C=O) groups is 1. The van der Waals surface area contributed by atoms with E-state index in [2.05, 4.69) is 15.2 Å². The fourth-order valence-electron chi connectivity index (χ4n) is 3.58. The van der Waals surface area contributed by atoms with Crippen LogP contribution in [0.2, 0.25) is 5.02 Å². The quantitative estimate of drug-likeness (QED) is 0.700. The Kier molecular flexibility index (Phi) is 5.45. The van der Waals surface area contributed by atoms with E-state index in [0.29, 0.717) is 18.1 Å². The first-order chi connectivity index (χ1) is 14.0. The molecule has 0 unspecified atom stereocenters. The SMILES string of the molecule is CN(C)c1ccc(NC(=O)N2CCN(c3ccnc4cc(Cl)ccc34)CC2)cc1. The first kappa shape index (κ1) is 19.3. The topological polar surface area (TPSA) is 51.7 Å². The Labute approximate surface area is 175 Å². The van der Waals surface area contributed by atoms with Crippen LogP contribution in [0.5, 0.6) is 0 Å². The van der Waals surface area contributed by atoms with Gasteiger partial charge in [-0.05, 0) is 48.5 Å². The number of fused-ring (bicyclic) bond motifs is 1. The summed E-state index contributed by atoms with van der Waals surface area (Å²) in [5.41, 5.74) is 3.92. The molecule has 7 heteroatoms. The summed E-state index contributed by atoms with van der Waals surface area (Å²) in [5, 5.41) is 4.76.